The predicted molar refractivity (Wildman–Crippen MR) is 70.6 cm³/mol. The zero-order chi connectivity index (χ0) is 14.9. The fourth-order valence-electron chi connectivity index (χ4n) is 2.34. The van der Waals surface area contributed by atoms with Gasteiger partial charge in [-0.2, -0.15) is 10.2 Å². The fraction of sp³-hybridized carbons (Fsp3) is 0.308. The normalized spacial score (nSPS) is 16.0. The Bertz CT molecular complexity index is 678. The maximum atomic E-state index is 12.2. The van der Waals surface area contributed by atoms with E-state index in [-0.39, 0.29) is 11.6 Å². The molecule has 2 heterocycles. The van der Waals surface area contributed by atoms with Crippen LogP contribution in [0.2, 0.25) is 0 Å². The van der Waals surface area contributed by atoms with Crippen molar-refractivity contribution in [2.24, 2.45) is 0 Å². The topological polar surface area (TPSA) is 121 Å². The average Bonchev–Trinajstić information content (AvgIpc) is 2.93. The zero-order valence-electron chi connectivity index (χ0n) is 11.0. The lowest BCUT2D eigenvalue weighted by molar-refractivity contribution is 0.0690. The minimum absolute atomic E-state index is 0.0103. The molecular weight excluding hydrogens is 274 g/mol. The molecule has 0 unspecified atom stereocenters. The highest BCUT2D eigenvalue weighted by molar-refractivity contribution is 5.94. The van der Waals surface area contributed by atoms with Crippen molar-refractivity contribution in [2.45, 2.75) is 24.8 Å². The zero-order valence-corrected chi connectivity index (χ0v) is 11.0. The van der Waals surface area contributed by atoms with Gasteiger partial charge in [0, 0.05) is 0 Å². The van der Waals surface area contributed by atoms with Gasteiger partial charge >= 0.3 is 5.97 Å². The Kier molecular flexibility index (Phi) is 3.13. The summed E-state index contributed by atoms with van der Waals surface area (Å²) in [7, 11) is 0. The van der Waals surface area contributed by atoms with Crippen molar-refractivity contribution < 1.29 is 14.7 Å². The lowest BCUT2D eigenvalue weighted by Crippen LogP contribution is -2.51. The molecule has 1 amide bonds. The highest BCUT2D eigenvalue weighted by Crippen LogP contribution is 2.39. The molecule has 2 aromatic heterocycles. The number of carboxylic acid groups (broad SMARTS) is 1. The van der Waals surface area contributed by atoms with Crippen LogP contribution in [0.3, 0.4) is 0 Å². The Hall–Kier alpha value is -2.77. The van der Waals surface area contributed by atoms with Crippen molar-refractivity contribution in [3.63, 3.8) is 0 Å². The van der Waals surface area contributed by atoms with Crippen LogP contribution in [0.25, 0.3) is 0 Å². The number of carbonyl (C=O) groups excluding carboxylic acids is 1. The van der Waals surface area contributed by atoms with E-state index in [1.807, 2.05) is 0 Å². The first-order valence-electron chi connectivity index (χ1n) is 6.49. The molecule has 8 heteroatoms. The van der Waals surface area contributed by atoms with E-state index in [0.29, 0.717) is 24.2 Å². The van der Waals surface area contributed by atoms with Crippen molar-refractivity contribution in [1.29, 1.82) is 0 Å². The van der Waals surface area contributed by atoms with Crippen LogP contribution >= 0.6 is 0 Å². The summed E-state index contributed by atoms with van der Waals surface area (Å²) in [5.41, 5.74) is -0.217. The van der Waals surface area contributed by atoms with Gasteiger partial charge in [0.2, 0.25) is 0 Å². The van der Waals surface area contributed by atoms with E-state index in [9.17, 15) is 9.59 Å². The standard InChI is InChI=1S/C13H13N5O3/c19-10(8-2-5-15-16-6-8)18-13(3-1-4-13)12-14-7-9(17-12)11(20)21/h2,5-7H,1,3-4H2,(H,14,17)(H,18,19)(H,20,21). The summed E-state index contributed by atoms with van der Waals surface area (Å²) in [5.74, 6) is -0.882. The summed E-state index contributed by atoms with van der Waals surface area (Å²) in [6, 6.07) is 1.57. The van der Waals surface area contributed by atoms with Gasteiger partial charge in [0.15, 0.2) is 0 Å². The van der Waals surface area contributed by atoms with E-state index in [1.165, 1.54) is 18.6 Å². The second kappa shape index (κ2) is 4.97. The first-order chi connectivity index (χ1) is 10.1. The van der Waals surface area contributed by atoms with Crippen LogP contribution in [-0.2, 0) is 5.54 Å². The third kappa shape index (κ3) is 2.35. The van der Waals surface area contributed by atoms with Crippen LogP contribution in [-0.4, -0.2) is 37.1 Å². The molecule has 0 radical (unpaired) electrons. The minimum Gasteiger partial charge on any atom is -0.477 e. The summed E-state index contributed by atoms with van der Waals surface area (Å²) in [5, 5.41) is 19.2. The fourth-order valence-corrected chi connectivity index (χ4v) is 2.34. The van der Waals surface area contributed by atoms with E-state index < -0.39 is 11.5 Å². The largest absolute Gasteiger partial charge is 0.477 e. The van der Waals surface area contributed by atoms with Crippen molar-refractivity contribution >= 4 is 11.9 Å². The molecule has 3 rings (SSSR count). The molecule has 0 spiro atoms. The number of carbonyl (C=O) groups is 2. The van der Waals surface area contributed by atoms with Crippen LogP contribution in [0.4, 0.5) is 0 Å². The SMILES string of the molecule is O=C(NC1(c2ncc(C(=O)O)[nH]2)CCC1)c1ccnnc1. The number of hydrogen-bond donors (Lipinski definition) is 3. The summed E-state index contributed by atoms with van der Waals surface area (Å²) < 4.78 is 0. The van der Waals surface area contributed by atoms with Gasteiger partial charge in [-0.25, -0.2) is 9.78 Å². The van der Waals surface area contributed by atoms with Crippen LogP contribution < -0.4 is 5.32 Å². The average molecular weight is 287 g/mol. The number of nitrogens with one attached hydrogen (secondary N) is 2. The Morgan fingerprint density at radius 3 is 2.62 bits per heavy atom. The molecular formula is C13H13N5O3. The van der Waals surface area contributed by atoms with Crippen molar-refractivity contribution in [3.8, 4) is 0 Å². The third-order valence-electron chi connectivity index (χ3n) is 3.67. The highest BCUT2D eigenvalue weighted by atomic mass is 16.4. The predicted octanol–water partition coefficient (Wildman–Crippen LogP) is 0.707. The summed E-state index contributed by atoms with van der Waals surface area (Å²) in [6.07, 6.45) is 6.45. The Balaban J connectivity index is 1.83. The molecule has 2 aromatic rings. The number of hydrogen-bond acceptors (Lipinski definition) is 5. The second-order valence-corrected chi connectivity index (χ2v) is 4.97. The molecule has 3 N–H and O–H groups in total. The quantitative estimate of drug-likeness (QED) is 0.761. The number of rotatable bonds is 4. The van der Waals surface area contributed by atoms with Crippen LogP contribution in [0.15, 0.2) is 24.7 Å². The summed E-state index contributed by atoms with van der Waals surface area (Å²) >= 11 is 0. The van der Waals surface area contributed by atoms with Crippen LogP contribution in [0, 0.1) is 0 Å². The number of carboxylic acids is 1. The van der Waals surface area contributed by atoms with E-state index in [1.54, 1.807) is 6.07 Å². The Morgan fingerprint density at radius 1 is 1.29 bits per heavy atom. The molecule has 0 atom stereocenters. The molecule has 0 aromatic carbocycles. The Morgan fingerprint density at radius 2 is 2.10 bits per heavy atom. The molecule has 21 heavy (non-hydrogen) atoms. The van der Waals surface area contributed by atoms with Crippen molar-refractivity contribution in [1.82, 2.24) is 25.5 Å². The number of aromatic carboxylic acids is 1. The van der Waals surface area contributed by atoms with E-state index >= 15 is 0 Å². The lowest BCUT2D eigenvalue weighted by Gasteiger charge is -2.40. The van der Waals surface area contributed by atoms with Gasteiger partial charge in [-0.3, -0.25) is 4.79 Å². The number of imidazole rings is 1. The number of aromatic amines is 1. The molecule has 0 saturated heterocycles. The number of nitrogens with zero attached hydrogens (tertiary/aromatic N) is 3. The van der Waals surface area contributed by atoms with Gasteiger partial charge in [0.05, 0.1) is 29.7 Å². The van der Waals surface area contributed by atoms with Gasteiger partial charge in [-0.1, -0.05) is 0 Å². The summed E-state index contributed by atoms with van der Waals surface area (Å²) in [4.78, 5) is 30.0. The van der Waals surface area contributed by atoms with Gasteiger partial charge in [-0.05, 0) is 25.3 Å². The molecule has 8 nitrogen and oxygen atoms in total. The van der Waals surface area contributed by atoms with Gasteiger partial charge < -0.3 is 15.4 Å². The van der Waals surface area contributed by atoms with E-state index in [4.69, 9.17) is 5.11 Å². The molecule has 1 aliphatic carbocycles. The monoisotopic (exact) mass is 287 g/mol. The third-order valence-corrected chi connectivity index (χ3v) is 3.67. The highest BCUT2D eigenvalue weighted by Gasteiger charge is 2.43. The van der Waals surface area contributed by atoms with Crippen molar-refractivity contribution in [3.05, 3.63) is 41.7 Å². The van der Waals surface area contributed by atoms with Crippen LogP contribution in [0.1, 0.15) is 45.9 Å². The van der Waals surface area contributed by atoms with Gasteiger partial charge in [0.25, 0.3) is 5.91 Å². The molecule has 1 aliphatic rings. The second-order valence-electron chi connectivity index (χ2n) is 4.97. The van der Waals surface area contributed by atoms with E-state index in [2.05, 4.69) is 25.5 Å². The molecule has 1 saturated carbocycles. The summed E-state index contributed by atoms with van der Waals surface area (Å²) in [6.45, 7) is 0. The number of amides is 1. The maximum absolute atomic E-state index is 12.2. The lowest BCUT2D eigenvalue weighted by atomic mass is 9.76. The molecule has 0 bridgehead atoms. The first-order valence-corrected chi connectivity index (χ1v) is 6.49. The molecule has 1 fully saturated rings. The minimum atomic E-state index is -1.08. The maximum Gasteiger partial charge on any atom is 0.353 e. The number of H-pyrrole nitrogens is 1. The first kappa shape index (κ1) is 13.2. The number of aromatic nitrogens is 4. The van der Waals surface area contributed by atoms with Gasteiger partial charge in [-0.15, -0.1) is 0 Å². The molecule has 108 valence electrons. The smallest absolute Gasteiger partial charge is 0.353 e. The Labute approximate surface area is 119 Å². The van der Waals surface area contributed by atoms with Gasteiger partial charge in [0.1, 0.15) is 11.5 Å². The van der Waals surface area contributed by atoms with E-state index in [0.717, 1.165) is 6.42 Å². The molecule has 0 aliphatic heterocycles. The van der Waals surface area contributed by atoms with Crippen LogP contribution in [0.5, 0.6) is 0 Å². The van der Waals surface area contributed by atoms with Crippen molar-refractivity contribution in [2.75, 3.05) is 0 Å².